The molecule has 0 aliphatic heterocycles. The lowest BCUT2D eigenvalue weighted by atomic mass is 10.1. The first kappa shape index (κ1) is 19.2. The van der Waals surface area contributed by atoms with Crippen LogP contribution in [-0.4, -0.2) is 27.8 Å². The zero-order valence-corrected chi connectivity index (χ0v) is 16.2. The number of rotatable bonds is 6. The number of carbonyl (C=O) groups is 2. The average Bonchev–Trinajstić information content (AvgIpc) is 3.34. The Hall–Kier alpha value is -4.13. The molecule has 4 aromatic rings. The summed E-state index contributed by atoms with van der Waals surface area (Å²) in [5, 5.41) is 14.1. The standard InChI is InChI=1S/C23H19N3O4/c1-15-6-8-16(9-7-15)22(27)25-24-12-17-13-26(20-5-3-2-4-19(17)20)14-18-10-11-21(30-18)23(28)29/h2-13H,14H2,1H3,(H,25,27)(H,28,29)/b24-12-. The zero-order valence-electron chi connectivity index (χ0n) is 16.2. The maximum absolute atomic E-state index is 12.2. The number of amides is 1. The van der Waals surface area contributed by atoms with Crippen LogP contribution in [0.4, 0.5) is 0 Å². The molecular formula is C23H19N3O4. The number of hydrogen-bond donors (Lipinski definition) is 2. The molecular weight excluding hydrogens is 382 g/mol. The Kier molecular flexibility index (Phi) is 5.17. The number of aryl methyl sites for hydroxylation is 1. The molecule has 0 spiro atoms. The van der Waals surface area contributed by atoms with E-state index in [1.807, 2.05) is 54.1 Å². The SMILES string of the molecule is Cc1ccc(C(=O)N/N=C\c2cn(Cc3ccc(C(=O)O)o3)c3ccccc23)cc1. The quantitative estimate of drug-likeness (QED) is 0.376. The van der Waals surface area contributed by atoms with Crippen LogP contribution in [0.3, 0.4) is 0 Å². The van der Waals surface area contributed by atoms with E-state index in [-0.39, 0.29) is 11.7 Å². The Bertz CT molecular complexity index is 1250. The van der Waals surface area contributed by atoms with Crippen LogP contribution in [0, 0.1) is 6.92 Å². The van der Waals surface area contributed by atoms with Gasteiger partial charge in [-0.2, -0.15) is 5.10 Å². The summed E-state index contributed by atoms with van der Waals surface area (Å²) in [6, 6.07) is 18.1. The van der Waals surface area contributed by atoms with Crippen LogP contribution >= 0.6 is 0 Å². The van der Waals surface area contributed by atoms with Crippen molar-refractivity contribution in [1.82, 2.24) is 9.99 Å². The van der Waals surface area contributed by atoms with Crippen molar-refractivity contribution in [3.8, 4) is 0 Å². The topological polar surface area (TPSA) is 96.8 Å². The number of para-hydroxylation sites is 1. The molecule has 0 fully saturated rings. The zero-order chi connectivity index (χ0) is 21.1. The molecule has 7 heteroatoms. The minimum atomic E-state index is -1.10. The van der Waals surface area contributed by atoms with Crippen LogP contribution < -0.4 is 5.43 Å². The second kappa shape index (κ2) is 8.08. The van der Waals surface area contributed by atoms with Crippen molar-refractivity contribution < 1.29 is 19.1 Å². The highest BCUT2D eigenvalue weighted by Crippen LogP contribution is 2.22. The lowest BCUT2D eigenvalue weighted by Gasteiger charge is -2.02. The fourth-order valence-corrected chi connectivity index (χ4v) is 3.18. The first-order valence-corrected chi connectivity index (χ1v) is 9.31. The molecule has 2 aromatic carbocycles. The summed E-state index contributed by atoms with van der Waals surface area (Å²) < 4.78 is 7.31. The van der Waals surface area contributed by atoms with Crippen molar-refractivity contribution in [3.63, 3.8) is 0 Å². The fourth-order valence-electron chi connectivity index (χ4n) is 3.18. The lowest BCUT2D eigenvalue weighted by Crippen LogP contribution is -2.17. The number of carbonyl (C=O) groups excluding carboxylic acids is 1. The third kappa shape index (κ3) is 4.00. The largest absolute Gasteiger partial charge is 0.475 e. The van der Waals surface area contributed by atoms with E-state index < -0.39 is 5.97 Å². The molecule has 0 atom stereocenters. The Morgan fingerprint density at radius 2 is 1.87 bits per heavy atom. The second-order valence-corrected chi connectivity index (χ2v) is 6.87. The molecule has 0 bridgehead atoms. The molecule has 2 aromatic heterocycles. The molecule has 2 heterocycles. The van der Waals surface area contributed by atoms with E-state index in [4.69, 9.17) is 9.52 Å². The van der Waals surface area contributed by atoms with E-state index >= 15 is 0 Å². The van der Waals surface area contributed by atoms with E-state index in [1.54, 1.807) is 24.4 Å². The van der Waals surface area contributed by atoms with Crippen molar-refractivity contribution in [2.75, 3.05) is 0 Å². The van der Waals surface area contributed by atoms with Gasteiger partial charge in [-0.1, -0.05) is 35.9 Å². The van der Waals surface area contributed by atoms with Crippen LogP contribution in [-0.2, 0) is 6.54 Å². The van der Waals surface area contributed by atoms with Gasteiger partial charge in [0.25, 0.3) is 5.91 Å². The van der Waals surface area contributed by atoms with Crippen molar-refractivity contribution in [2.24, 2.45) is 5.10 Å². The van der Waals surface area contributed by atoms with Gasteiger partial charge in [0.1, 0.15) is 5.76 Å². The molecule has 0 aliphatic carbocycles. The molecule has 0 saturated carbocycles. The summed E-state index contributed by atoms with van der Waals surface area (Å²) >= 11 is 0. The molecule has 30 heavy (non-hydrogen) atoms. The molecule has 0 radical (unpaired) electrons. The van der Waals surface area contributed by atoms with E-state index in [9.17, 15) is 9.59 Å². The average molecular weight is 401 g/mol. The number of nitrogens with zero attached hydrogens (tertiary/aromatic N) is 2. The van der Waals surface area contributed by atoms with Gasteiger partial charge in [0.15, 0.2) is 0 Å². The van der Waals surface area contributed by atoms with Crippen molar-refractivity contribution in [2.45, 2.75) is 13.5 Å². The highest BCUT2D eigenvalue weighted by molar-refractivity contribution is 6.00. The number of hydrazone groups is 1. The molecule has 2 N–H and O–H groups in total. The van der Waals surface area contributed by atoms with Gasteiger partial charge in [-0.3, -0.25) is 4.79 Å². The molecule has 0 aliphatic rings. The molecule has 4 rings (SSSR count). The van der Waals surface area contributed by atoms with Gasteiger partial charge in [0, 0.05) is 28.2 Å². The van der Waals surface area contributed by atoms with Crippen molar-refractivity contribution in [3.05, 3.63) is 95.1 Å². The third-order valence-electron chi connectivity index (χ3n) is 4.70. The molecule has 1 amide bonds. The van der Waals surface area contributed by atoms with Crippen molar-refractivity contribution >= 4 is 29.0 Å². The van der Waals surface area contributed by atoms with Crippen LogP contribution in [0.15, 0.2) is 76.4 Å². The summed E-state index contributed by atoms with van der Waals surface area (Å²) in [7, 11) is 0. The molecule has 0 unspecified atom stereocenters. The second-order valence-electron chi connectivity index (χ2n) is 6.87. The molecule has 150 valence electrons. The summed E-state index contributed by atoms with van der Waals surface area (Å²) in [6.45, 7) is 2.33. The van der Waals surface area contributed by atoms with E-state index in [1.165, 1.54) is 6.07 Å². The van der Waals surface area contributed by atoms with Crippen LogP contribution in [0.25, 0.3) is 10.9 Å². The van der Waals surface area contributed by atoms with E-state index in [0.717, 1.165) is 22.0 Å². The number of carboxylic acids is 1. The number of benzene rings is 2. The predicted octanol–water partition coefficient (Wildman–Crippen LogP) is 4.05. The van der Waals surface area contributed by atoms with Gasteiger partial charge in [-0.25, -0.2) is 10.2 Å². The summed E-state index contributed by atoms with van der Waals surface area (Å²) in [6.07, 6.45) is 3.48. The van der Waals surface area contributed by atoms with Gasteiger partial charge in [0.2, 0.25) is 5.76 Å². The fraction of sp³-hybridized carbons (Fsp3) is 0.0870. The number of hydrogen-bond acceptors (Lipinski definition) is 4. The van der Waals surface area contributed by atoms with Gasteiger partial charge >= 0.3 is 5.97 Å². The van der Waals surface area contributed by atoms with Crippen LogP contribution in [0.1, 0.15) is 37.8 Å². The normalized spacial score (nSPS) is 11.2. The highest BCUT2D eigenvalue weighted by Gasteiger charge is 2.12. The Morgan fingerprint density at radius 1 is 1.10 bits per heavy atom. The number of carboxylic acid groups (broad SMARTS) is 1. The van der Waals surface area contributed by atoms with Crippen molar-refractivity contribution in [1.29, 1.82) is 0 Å². The van der Waals surface area contributed by atoms with E-state index in [0.29, 0.717) is 17.9 Å². The monoisotopic (exact) mass is 401 g/mol. The maximum atomic E-state index is 12.2. The summed E-state index contributed by atoms with van der Waals surface area (Å²) in [4.78, 5) is 23.2. The number of aromatic nitrogens is 1. The predicted molar refractivity (Wildman–Crippen MR) is 113 cm³/mol. The highest BCUT2D eigenvalue weighted by atomic mass is 16.4. The third-order valence-corrected chi connectivity index (χ3v) is 4.70. The molecule has 7 nitrogen and oxygen atoms in total. The number of fused-ring (bicyclic) bond motifs is 1. The lowest BCUT2D eigenvalue weighted by molar-refractivity contribution is 0.0660. The van der Waals surface area contributed by atoms with Crippen LogP contribution in [0.5, 0.6) is 0 Å². The smallest absolute Gasteiger partial charge is 0.371 e. The minimum absolute atomic E-state index is 0.0953. The summed E-state index contributed by atoms with van der Waals surface area (Å²) in [5.41, 5.74) is 5.92. The Labute approximate surface area is 172 Å². The van der Waals surface area contributed by atoms with E-state index in [2.05, 4.69) is 10.5 Å². The van der Waals surface area contributed by atoms with Gasteiger partial charge in [0.05, 0.1) is 12.8 Å². The Balaban J connectivity index is 1.55. The van der Waals surface area contributed by atoms with Gasteiger partial charge in [-0.15, -0.1) is 0 Å². The minimum Gasteiger partial charge on any atom is -0.475 e. The summed E-state index contributed by atoms with van der Waals surface area (Å²) in [5.74, 6) is -0.950. The maximum Gasteiger partial charge on any atom is 0.371 e. The molecule has 0 saturated heterocycles. The van der Waals surface area contributed by atoms with Crippen LogP contribution in [0.2, 0.25) is 0 Å². The number of nitrogens with one attached hydrogen (secondary N) is 1. The first-order chi connectivity index (χ1) is 14.5. The van der Waals surface area contributed by atoms with Gasteiger partial charge in [-0.05, 0) is 37.3 Å². The number of furan rings is 1. The van der Waals surface area contributed by atoms with Gasteiger partial charge < -0.3 is 14.1 Å². The first-order valence-electron chi connectivity index (χ1n) is 9.31. The Morgan fingerprint density at radius 3 is 2.60 bits per heavy atom. The number of aromatic carboxylic acids is 1.